The van der Waals surface area contributed by atoms with E-state index in [1.165, 1.54) is 18.3 Å². The number of amides is 1. The van der Waals surface area contributed by atoms with E-state index in [9.17, 15) is 13.2 Å². The van der Waals surface area contributed by atoms with Crippen molar-refractivity contribution in [2.45, 2.75) is 24.8 Å². The van der Waals surface area contributed by atoms with Crippen LogP contribution in [0.2, 0.25) is 0 Å². The van der Waals surface area contributed by atoms with Crippen LogP contribution in [0.4, 0.5) is 5.69 Å². The molecule has 1 unspecified atom stereocenters. The number of pyridine rings is 1. The van der Waals surface area contributed by atoms with Gasteiger partial charge in [-0.15, -0.1) is 0 Å². The molecule has 0 fully saturated rings. The van der Waals surface area contributed by atoms with Gasteiger partial charge in [-0.3, -0.25) is 4.79 Å². The van der Waals surface area contributed by atoms with E-state index in [0.717, 1.165) is 19.1 Å². The minimum absolute atomic E-state index is 0.0190. The number of nitrogens with zero attached hydrogens (tertiary/aromatic N) is 1. The van der Waals surface area contributed by atoms with Crippen LogP contribution >= 0.6 is 0 Å². The van der Waals surface area contributed by atoms with Crippen molar-refractivity contribution in [3.8, 4) is 0 Å². The lowest BCUT2D eigenvalue weighted by Crippen LogP contribution is -2.29. The average molecular weight is 285 g/mol. The van der Waals surface area contributed by atoms with Gasteiger partial charge in [-0.1, -0.05) is 13.3 Å². The second-order valence-electron chi connectivity index (χ2n) is 4.37. The number of hydrogen-bond acceptors (Lipinski definition) is 5. The first-order valence-corrected chi connectivity index (χ1v) is 7.94. The number of rotatable bonds is 6. The highest BCUT2D eigenvalue weighted by Crippen LogP contribution is 2.13. The molecule has 1 aromatic heterocycles. The van der Waals surface area contributed by atoms with Gasteiger partial charge in [0, 0.05) is 12.8 Å². The molecule has 1 amide bonds. The summed E-state index contributed by atoms with van der Waals surface area (Å²) in [6.45, 7) is 2.27. The molecular weight excluding hydrogens is 266 g/mol. The number of aromatic nitrogens is 1. The Morgan fingerprint density at radius 3 is 2.58 bits per heavy atom. The molecule has 0 aliphatic heterocycles. The molecule has 19 heavy (non-hydrogen) atoms. The number of carbonyl (C=O) groups is 1. The van der Waals surface area contributed by atoms with Gasteiger partial charge in [0.05, 0.1) is 17.8 Å². The molecule has 1 aromatic rings. The minimum atomic E-state index is -3.32. The summed E-state index contributed by atoms with van der Waals surface area (Å²) < 4.78 is 22.5. The van der Waals surface area contributed by atoms with E-state index in [2.05, 4.69) is 10.3 Å². The molecule has 1 atom stereocenters. The van der Waals surface area contributed by atoms with Crippen molar-refractivity contribution in [2.24, 2.45) is 11.7 Å². The van der Waals surface area contributed by atoms with Crippen molar-refractivity contribution in [3.05, 3.63) is 18.3 Å². The molecule has 1 heterocycles. The van der Waals surface area contributed by atoms with Gasteiger partial charge >= 0.3 is 0 Å². The third-order valence-electron chi connectivity index (χ3n) is 2.68. The molecule has 0 saturated carbocycles. The van der Waals surface area contributed by atoms with E-state index in [1.807, 2.05) is 6.92 Å². The van der Waals surface area contributed by atoms with E-state index >= 15 is 0 Å². The number of nitrogens with two attached hydrogens (primary N) is 1. The SMILES string of the molecule is CCCC(CN)C(=O)Nc1ccc(S(C)(=O)=O)nc1. The molecule has 106 valence electrons. The summed E-state index contributed by atoms with van der Waals surface area (Å²) >= 11 is 0. The predicted molar refractivity (Wildman–Crippen MR) is 73.4 cm³/mol. The fourth-order valence-electron chi connectivity index (χ4n) is 1.62. The fourth-order valence-corrected chi connectivity index (χ4v) is 2.18. The first-order valence-electron chi connectivity index (χ1n) is 6.05. The minimum Gasteiger partial charge on any atom is -0.330 e. The van der Waals surface area contributed by atoms with E-state index in [4.69, 9.17) is 5.73 Å². The van der Waals surface area contributed by atoms with Gasteiger partial charge in [-0.05, 0) is 18.6 Å². The van der Waals surface area contributed by atoms with E-state index in [0.29, 0.717) is 5.69 Å². The Hall–Kier alpha value is -1.47. The lowest BCUT2D eigenvalue weighted by atomic mass is 10.0. The summed E-state index contributed by atoms with van der Waals surface area (Å²) in [7, 11) is -3.32. The Kier molecular flexibility index (Phi) is 5.44. The molecule has 7 heteroatoms. The summed E-state index contributed by atoms with van der Waals surface area (Å²) in [6, 6.07) is 2.88. The van der Waals surface area contributed by atoms with Crippen LogP contribution in [-0.2, 0) is 14.6 Å². The third-order valence-corrected chi connectivity index (χ3v) is 3.68. The second kappa shape index (κ2) is 6.63. The summed E-state index contributed by atoms with van der Waals surface area (Å²) in [5, 5.41) is 2.66. The Balaban J connectivity index is 2.75. The van der Waals surface area contributed by atoms with Crippen LogP contribution in [0.25, 0.3) is 0 Å². The summed E-state index contributed by atoms with van der Waals surface area (Å²) in [4.78, 5) is 15.7. The van der Waals surface area contributed by atoms with Gasteiger partial charge in [-0.25, -0.2) is 13.4 Å². The molecule has 6 nitrogen and oxygen atoms in total. The number of anilines is 1. The molecule has 0 radical (unpaired) electrons. The zero-order chi connectivity index (χ0) is 14.5. The summed E-state index contributed by atoms with van der Waals surface area (Å²) in [5.74, 6) is -0.405. The molecule has 0 saturated heterocycles. The predicted octanol–water partition coefficient (Wildman–Crippen LogP) is 0.799. The van der Waals surface area contributed by atoms with Gasteiger partial charge in [0.25, 0.3) is 0 Å². The van der Waals surface area contributed by atoms with Gasteiger partial charge in [0.15, 0.2) is 14.9 Å². The van der Waals surface area contributed by atoms with Crippen LogP contribution in [0.3, 0.4) is 0 Å². The standard InChI is InChI=1S/C12H19N3O3S/c1-3-4-9(7-13)12(16)15-10-5-6-11(14-8-10)19(2,17)18/h5-6,8-9H,3-4,7,13H2,1-2H3,(H,15,16). The lowest BCUT2D eigenvalue weighted by Gasteiger charge is -2.13. The zero-order valence-electron chi connectivity index (χ0n) is 11.1. The van der Waals surface area contributed by atoms with E-state index < -0.39 is 9.84 Å². The molecule has 0 spiro atoms. The van der Waals surface area contributed by atoms with Crippen molar-refractivity contribution in [1.29, 1.82) is 0 Å². The lowest BCUT2D eigenvalue weighted by molar-refractivity contribution is -0.119. The van der Waals surface area contributed by atoms with Crippen molar-refractivity contribution < 1.29 is 13.2 Å². The molecule has 1 rings (SSSR count). The maximum Gasteiger partial charge on any atom is 0.228 e. The number of sulfone groups is 1. The molecule has 0 aliphatic rings. The normalized spacial score (nSPS) is 13.0. The van der Waals surface area contributed by atoms with Crippen LogP contribution in [0.15, 0.2) is 23.4 Å². The molecular formula is C12H19N3O3S. The first-order chi connectivity index (χ1) is 8.88. The van der Waals surface area contributed by atoms with Crippen LogP contribution < -0.4 is 11.1 Å². The highest BCUT2D eigenvalue weighted by atomic mass is 32.2. The van der Waals surface area contributed by atoms with Crippen LogP contribution in [-0.4, -0.2) is 32.1 Å². The Labute approximate surface area is 113 Å². The van der Waals surface area contributed by atoms with Gasteiger partial charge in [-0.2, -0.15) is 0 Å². The second-order valence-corrected chi connectivity index (χ2v) is 6.33. The number of hydrogen-bond donors (Lipinski definition) is 2. The van der Waals surface area contributed by atoms with Crippen molar-refractivity contribution >= 4 is 21.4 Å². The maximum absolute atomic E-state index is 11.9. The van der Waals surface area contributed by atoms with E-state index in [-0.39, 0.29) is 23.4 Å². The highest BCUT2D eigenvalue weighted by molar-refractivity contribution is 7.90. The topological polar surface area (TPSA) is 102 Å². The van der Waals surface area contributed by atoms with Crippen LogP contribution in [0.5, 0.6) is 0 Å². The Bertz CT molecular complexity index is 526. The Morgan fingerprint density at radius 1 is 1.47 bits per heavy atom. The van der Waals surface area contributed by atoms with Crippen molar-refractivity contribution in [1.82, 2.24) is 4.98 Å². The fraction of sp³-hybridized carbons (Fsp3) is 0.500. The first kappa shape index (κ1) is 15.6. The quantitative estimate of drug-likeness (QED) is 0.804. The Morgan fingerprint density at radius 2 is 2.16 bits per heavy atom. The van der Waals surface area contributed by atoms with Crippen LogP contribution in [0, 0.1) is 5.92 Å². The molecule has 0 aliphatic carbocycles. The van der Waals surface area contributed by atoms with Crippen molar-refractivity contribution in [2.75, 3.05) is 18.1 Å². The van der Waals surface area contributed by atoms with Gasteiger partial charge < -0.3 is 11.1 Å². The van der Waals surface area contributed by atoms with Crippen molar-refractivity contribution in [3.63, 3.8) is 0 Å². The maximum atomic E-state index is 11.9. The summed E-state index contributed by atoms with van der Waals surface area (Å²) in [5.41, 5.74) is 6.00. The van der Waals surface area contributed by atoms with E-state index in [1.54, 1.807) is 0 Å². The smallest absolute Gasteiger partial charge is 0.228 e. The third kappa shape index (κ3) is 4.60. The van der Waals surface area contributed by atoms with Gasteiger partial charge in [0.1, 0.15) is 0 Å². The van der Waals surface area contributed by atoms with Crippen LogP contribution in [0.1, 0.15) is 19.8 Å². The van der Waals surface area contributed by atoms with Gasteiger partial charge in [0.2, 0.25) is 5.91 Å². The molecule has 0 aromatic carbocycles. The number of carbonyl (C=O) groups excluding carboxylic acids is 1. The largest absolute Gasteiger partial charge is 0.330 e. The zero-order valence-corrected chi connectivity index (χ0v) is 11.9. The molecule has 3 N–H and O–H groups in total. The highest BCUT2D eigenvalue weighted by Gasteiger charge is 2.16. The molecule has 0 bridgehead atoms. The number of nitrogens with one attached hydrogen (secondary N) is 1. The monoisotopic (exact) mass is 285 g/mol. The summed E-state index contributed by atoms with van der Waals surface area (Å²) in [6.07, 6.45) is 4.00. The average Bonchev–Trinajstić information content (AvgIpc) is 2.35.